The second-order valence-corrected chi connectivity index (χ2v) is 4.83. The molecule has 4 heteroatoms. The van der Waals surface area contributed by atoms with Crippen molar-refractivity contribution in [1.82, 2.24) is 9.88 Å². The molecule has 98 valence electrons. The number of nitrogens with zero attached hydrogens (tertiary/aromatic N) is 2. The number of anilines is 1. The minimum Gasteiger partial charge on any atom is -0.370 e. The molecule has 1 saturated heterocycles. The Kier molecular flexibility index (Phi) is 4.18. The third-order valence-electron chi connectivity index (χ3n) is 3.43. The van der Waals surface area contributed by atoms with E-state index in [2.05, 4.69) is 17.2 Å². The molecule has 1 aromatic heterocycles. The van der Waals surface area contributed by atoms with Gasteiger partial charge in [-0.15, -0.1) is 0 Å². The first kappa shape index (κ1) is 12.9. The number of amides is 1. The summed E-state index contributed by atoms with van der Waals surface area (Å²) in [5, 5.41) is 3.16. The highest BCUT2D eigenvalue weighted by atomic mass is 16.2. The van der Waals surface area contributed by atoms with Crippen molar-refractivity contribution >= 4 is 11.7 Å². The lowest BCUT2D eigenvalue weighted by Gasteiger charge is -2.16. The molecule has 4 nitrogen and oxygen atoms in total. The summed E-state index contributed by atoms with van der Waals surface area (Å²) in [5.74, 6) is 1.70. The Labute approximate surface area is 108 Å². The number of hydrogen-bond acceptors (Lipinski definition) is 3. The van der Waals surface area contributed by atoms with Crippen LogP contribution < -0.4 is 5.32 Å². The summed E-state index contributed by atoms with van der Waals surface area (Å²) >= 11 is 0. The van der Waals surface area contributed by atoms with Crippen LogP contribution in [0.25, 0.3) is 0 Å². The minimum absolute atomic E-state index is 0.276. The van der Waals surface area contributed by atoms with Gasteiger partial charge in [0, 0.05) is 32.3 Å². The summed E-state index contributed by atoms with van der Waals surface area (Å²) in [7, 11) is 0. The predicted octanol–water partition coefficient (Wildman–Crippen LogP) is 2.27. The van der Waals surface area contributed by atoms with E-state index in [9.17, 15) is 4.79 Å². The molecule has 0 saturated carbocycles. The van der Waals surface area contributed by atoms with Gasteiger partial charge in [-0.05, 0) is 24.5 Å². The van der Waals surface area contributed by atoms with Crippen molar-refractivity contribution in [2.75, 3.05) is 18.4 Å². The SMILES string of the molecule is CCNc1ccc(CN2CC(CC)CC2=O)cn1. The average Bonchev–Trinajstić information content (AvgIpc) is 2.73. The second kappa shape index (κ2) is 5.85. The van der Waals surface area contributed by atoms with E-state index in [0.29, 0.717) is 18.9 Å². The summed E-state index contributed by atoms with van der Waals surface area (Å²) in [6.07, 6.45) is 3.64. The van der Waals surface area contributed by atoms with Crippen LogP contribution in [0.2, 0.25) is 0 Å². The molecule has 0 aliphatic carbocycles. The molecule has 18 heavy (non-hydrogen) atoms. The Morgan fingerprint density at radius 1 is 1.44 bits per heavy atom. The molecule has 1 atom stereocenters. The van der Waals surface area contributed by atoms with Crippen LogP contribution in [-0.4, -0.2) is 28.9 Å². The van der Waals surface area contributed by atoms with E-state index < -0.39 is 0 Å². The average molecular weight is 247 g/mol. The topological polar surface area (TPSA) is 45.2 Å². The highest BCUT2D eigenvalue weighted by Gasteiger charge is 2.27. The molecule has 2 rings (SSSR count). The van der Waals surface area contributed by atoms with Crippen molar-refractivity contribution < 1.29 is 4.79 Å². The molecular formula is C14H21N3O. The monoisotopic (exact) mass is 247 g/mol. The van der Waals surface area contributed by atoms with Crippen LogP contribution in [0.3, 0.4) is 0 Å². The van der Waals surface area contributed by atoms with Crippen molar-refractivity contribution in [2.24, 2.45) is 5.92 Å². The van der Waals surface area contributed by atoms with Crippen molar-refractivity contribution in [1.29, 1.82) is 0 Å². The summed E-state index contributed by atoms with van der Waals surface area (Å²) in [5.41, 5.74) is 1.10. The highest BCUT2D eigenvalue weighted by Crippen LogP contribution is 2.22. The van der Waals surface area contributed by atoms with Crippen LogP contribution in [0.15, 0.2) is 18.3 Å². The smallest absolute Gasteiger partial charge is 0.223 e. The van der Waals surface area contributed by atoms with E-state index in [-0.39, 0.29) is 5.91 Å². The maximum Gasteiger partial charge on any atom is 0.223 e. The quantitative estimate of drug-likeness (QED) is 0.868. The first-order valence-corrected chi connectivity index (χ1v) is 6.69. The van der Waals surface area contributed by atoms with Gasteiger partial charge in [0.25, 0.3) is 0 Å². The number of pyridine rings is 1. The van der Waals surface area contributed by atoms with Gasteiger partial charge >= 0.3 is 0 Å². The minimum atomic E-state index is 0.276. The molecule has 2 heterocycles. The fourth-order valence-electron chi connectivity index (χ4n) is 2.30. The zero-order valence-electron chi connectivity index (χ0n) is 11.1. The van der Waals surface area contributed by atoms with Gasteiger partial charge in [-0.1, -0.05) is 19.4 Å². The zero-order valence-corrected chi connectivity index (χ0v) is 11.1. The fourth-order valence-corrected chi connectivity index (χ4v) is 2.30. The molecule has 1 fully saturated rings. The normalized spacial score (nSPS) is 19.3. The van der Waals surface area contributed by atoms with Crippen molar-refractivity contribution in [2.45, 2.75) is 33.2 Å². The number of aromatic nitrogens is 1. The number of nitrogens with one attached hydrogen (secondary N) is 1. The molecule has 0 aromatic carbocycles. The van der Waals surface area contributed by atoms with Gasteiger partial charge in [-0.2, -0.15) is 0 Å². The van der Waals surface area contributed by atoms with E-state index in [0.717, 1.165) is 30.9 Å². The van der Waals surface area contributed by atoms with Gasteiger partial charge in [-0.25, -0.2) is 4.98 Å². The standard InChI is InChI=1S/C14H21N3O/c1-3-11-7-14(18)17(9-11)10-12-5-6-13(15-4-2)16-8-12/h5-6,8,11H,3-4,7,9-10H2,1-2H3,(H,15,16). The van der Waals surface area contributed by atoms with Crippen LogP contribution in [0.1, 0.15) is 32.3 Å². The summed E-state index contributed by atoms with van der Waals surface area (Å²) in [4.78, 5) is 18.1. The Bertz CT molecular complexity index is 402. The largest absolute Gasteiger partial charge is 0.370 e. The van der Waals surface area contributed by atoms with E-state index >= 15 is 0 Å². The lowest BCUT2D eigenvalue weighted by atomic mass is 10.1. The second-order valence-electron chi connectivity index (χ2n) is 4.83. The first-order chi connectivity index (χ1) is 8.72. The van der Waals surface area contributed by atoms with Gasteiger partial charge in [0.1, 0.15) is 5.82 Å². The van der Waals surface area contributed by atoms with Crippen LogP contribution >= 0.6 is 0 Å². The summed E-state index contributed by atoms with van der Waals surface area (Å²) < 4.78 is 0. The molecular weight excluding hydrogens is 226 g/mol. The van der Waals surface area contributed by atoms with E-state index in [1.165, 1.54) is 0 Å². The number of rotatable bonds is 5. The van der Waals surface area contributed by atoms with E-state index in [1.807, 2.05) is 30.2 Å². The van der Waals surface area contributed by atoms with Crippen molar-refractivity contribution in [3.05, 3.63) is 23.9 Å². The Balaban J connectivity index is 1.95. The van der Waals surface area contributed by atoms with E-state index in [4.69, 9.17) is 0 Å². The number of hydrogen-bond donors (Lipinski definition) is 1. The number of carbonyl (C=O) groups is 1. The van der Waals surface area contributed by atoms with Gasteiger partial charge in [-0.3, -0.25) is 4.79 Å². The lowest BCUT2D eigenvalue weighted by Crippen LogP contribution is -2.24. The molecule has 1 aliphatic rings. The van der Waals surface area contributed by atoms with Crippen LogP contribution in [0.4, 0.5) is 5.82 Å². The molecule has 0 bridgehead atoms. The molecule has 1 N–H and O–H groups in total. The highest BCUT2D eigenvalue weighted by molar-refractivity contribution is 5.78. The van der Waals surface area contributed by atoms with Gasteiger partial charge in [0.15, 0.2) is 0 Å². The third-order valence-corrected chi connectivity index (χ3v) is 3.43. The van der Waals surface area contributed by atoms with Crippen LogP contribution in [0, 0.1) is 5.92 Å². The maximum absolute atomic E-state index is 11.8. The van der Waals surface area contributed by atoms with Crippen molar-refractivity contribution in [3.8, 4) is 0 Å². The third kappa shape index (κ3) is 3.00. The zero-order chi connectivity index (χ0) is 13.0. The molecule has 1 amide bonds. The Morgan fingerprint density at radius 3 is 2.83 bits per heavy atom. The number of carbonyl (C=O) groups excluding carboxylic acids is 1. The van der Waals surface area contributed by atoms with Gasteiger partial charge in [0.05, 0.1) is 0 Å². The fraction of sp³-hybridized carbons (Fsp3) is 0.571. The maximum atomic E-state index is 11.8. The van der Waals surface area contributed by atoms with Crippen molar-refractivity contribution in [3.63, 3.8) is 0 Å². The van der Waals surface area contributed by atoms with Gasteiger partial charge < -0.3 is 10.2 Å². The number of likely N-dealkylation sites (tertiary alicyclic amines) is 1. The Hall–Kier alpha value is -1.58. The first-order valence-electron chi connectivity index (χ1n) is 6.69. The lowest BCUT2D eigenvalue weighted by molar-refractivity contribution is -0.128. The Morgan fingerprint density at radius 2 is 2.28 bits per heavy atom. The molecule has 1 unspecified atom stereocenters. The molecule has 1 aromatic rings. The summed E-state index contributed by atoms with van der Waals surface area (Å²) in [6, 6.07) is 4.01. The molecule has 0 radical (unpaired) electrons. The molecule has 1 aliphatic heterocycles. The predicted molar refractivity (Wildman–Crippen MR) is 72.2 cm³/mol. The van der Waals surface area contributed by atoms with Gasteiger partial charge in [0.2, 0.25) is 5.91 Å². The van der Waals surface area contributed by atoms with E-state index in [1.54, 1.807) is 0 Å². The molecule has 0 spiro atoms. The van der Waals surface area contributed by atoms with Crippen LogP contribution in [0.5, 0.6) is 0 Å². The van der Waals surface area contributed by atoms with Crippen LogP contribution in [-0.2, 0) is 11.3 Å². The summed E-state index contributed by atoms with van der Waals surface area (Å²) in [6.45, 7) is 6.64.